The summed E-state index contributed by atoms with van der Waals surface area (Å²) in [7, 11) is -3.79. The lowest BCUT2D eigenvalue weighted by atomic mass is 10.1. The maximum Gasteiger partial charge on any atom is 0.321 e. The van der Waals surface area contributed by atoms with Gasteiger partial charge in [-0.15, -0.1) is 0 Å². The third-order valence-corrected chi connectivity index (χ3v) is 4.10. The van der Waals surface area contributed by atoms with E-state index < -0.39 is 22.0 Å². The lowest BCUT2D eigenvalue weighted by molar-refractivity contribution is -0.139. The van der Waals surface area contributed by atoms with Crippen LogP contribution in [-0.2, 0) is 20.6 Å². The molecule has 1 atom stereocenters. The van der Waals surface area contributed by atoms with Crippen molar-refractivity contribution in [2.75, 3.05) is 0 Å². The molecule has 1 aromatic carbocycles. The Morgan fingerprint density at radius 1 is 1.43 bits per heavy atom. The Kier molecular flexibility index (Phi) is 5.88. The van der Waals surface area contributed by atoms with Crippen molar-refractivity contribution in [2.24, 2.45) is 5.92 Å². The maximum absolute atomic E-state index is 12.0. The van der Waals surface area contributed by atoms with E-state index in [1.807, 2.05) is 19.9 Å². The monoisotopic (exact) mass is 310 g/mol. The fourth-order valence-corrected chi connectivity index (χ4v) is 3.21. The first-order valence-corrected chi connectivity index (χ1v) is 8.10. The first-order valence-electron chi connectivity index (χ1n) is 6.45. The zero-order chi connectivity index (χ0) is 16.0. The molecule has 0 aliphatic heterocycles. The van der Waals surface area contributed by atoms with Gasteiger partial charge in [-0.05, 0) is 30.0 Å². The van der Waals surface area contributed by atoms with Crippen molar-refractivity contribution in [3.05, 3.63) is 35.4 Å². The van der Waals surface area contributed by atoms with Gasteiger partial charge >= 0.3 is 5.97 Å². The number of carboxylic acid groups (broad SMARTS) is 1. The molecule has 0 amide bonds. The minimum atomic E-state index is -3.79. The normalized spacial score (nSPS) is 12.9. The summed E-state index contributed by atoms with van der Waals surface area (Å²) in [5.41, 5.74) is 0.801. The number of benzene rings is 1. The molecular weight excluding hydrogens is 292 g/mol. The first-order chi connectivity index (χ1) is 9.73. The topological polar surface area (TPSA) is 107 Å². The van der Waals surface area contributed by atoms with E-state index in [0.717, 1.165) is 0 Å². The van der Waals surface area contributed by atoms with Gasteiger partial charge in [-0.3, -0.25) is 4.79 Å². The molecule has 21 heavy (non-hydrogen) atoms. The maximum atomic E-state index is 12.0. The minimum absolute atomic E-state index is 0.0516. The van der Waals surface area contributed by atoms with Gasteiger partial charge in [0.1, 0.15) is 6.04 Å². The molecule has 0 fully saturated rings. The van der Waals surface area contributed by atoms with Crippen LogP contribution in [0.2, 0.25) is 0 Å². The number of sulfonamides is 1. The molecule has 1 rings (SSSR count). The second-order valence-electron chi connectivity index (χ2n) is 5.21. The second-order valence-corrected chi connectivity index (χ2v) is 6.96. The Bertz CT molecular complexity index is 647. The molecule has 0 aliphatic rings. The van der Waals surface area contributed by atoms with Crippen molar-refractivity contribution in [3.8, 4) is 6.07 Å². The van der Waals surface area contributed by atoms with Crippen LogP contribution in [0.3, 0.4) is 0 Å². The summed E-state index contributed by atoms with van der Waals surface area (Å²) >= 11 is 0. The van der Waals surface area contributed by atoms with Crippen LogP contribution < -0.4 is 4.72 Å². The van der Waals surface area contributed by atoms with Crippen LogP contribution in [0.15, 0.2) is 24.3 Å². The number of aliphatic carboxylic acids is 1. The van der Waals surface area contributed by atoms with E-state index in [4.69, 9.17) is 10.4 Å². The molecule has 114 valence electrons. The van der Waals surface area contributed by atoms with Gasteiger partial charge in [0, 0.05) is 0 Å². The summed E-state index contributed by atoms with van der Waals surface area (Å²) in [6, 6.07) is 7.00. The molecule has 0 radical (unpaired) electrons. The second kappa shape index (κ2) is 7.20. The largest absolute Gasteiger partial charge is 0.480 e. The molecule has 0 bridgehead atoms. The standard InChI is InChI=1S/C14H18N2O4S/c1-10(2)6-13(14(17)18)16-21(19,20)9-12-5-3-4-11(7-12)8-15/h3-5,7,10,13,16H,6,9H2,1-2H3,(H,17,18)/t13-/m0/s1. The lowest BCUT2D eigenvalue weighted by Crippen LogP contribution is -2.42. The van der Waals surface area contributed by atoms with Crippen molar-refractivity contribution in [1.82, 2.24) is 4.72 Å². The number of rotatable bonds is 7. The van der Waals surface area contributed by atoms with Crippen molar-refractivity contribution in [1.29, 1.82) is 5.26 Å². The number of nitriles is 1. The van der Waals surface area contributed by atoms with Crippen LogP contribution in [0, 0.1) is 17.2 Å². The van der Waals surface area contributed by atoms with Gasteiger partial charge < -0.3 is 5.11 Å². The van der Waals surface area contributed by atoms with E-state index in [-0.39, 0.29) is 18.1 Å². The molecule has 0 spiro atoms. The Morgan fingerprint density at radius 3 is 2.62 bits per heavy atom. The fraction of sp³-hybridized carbons (Fsp3) is 0.429. The quantitative estimate of drug-likeness (QED) is 0.793. The van der Waals surface area contributed by atoms with Gasteiger partial charge in [-0.25, -0.2) is 13.1 Å². The third kappa shape index (κ3) is 5.94. The zero-order valence-electron chi connectivity index (χ0n) is 11.9. The van der Waals surface area contributed by atoms with Crippen molar-refractivity contribution in [3.63, 3.8) is 0 Å². The molecular formula is C14H18N2O4S. The number of carbonyl (C=O) groups is 1. The molecule has 2 N–H and O–H groups in total. The number of hydrogen-bond donors (Lipinski definition) is 2. The van der Waals surface area contributed by atoms with Crippen molar-refractivity contribution in [2.45, 2.75) is 32.1 Å². The van der Waals surface area contributed by atoms with E-state index in [9.17, 15) is 13.2 Å². The molecule has 0 aromatic heterocycles. The van der Waals surface area contributed by atoms with Crippen molar-refractivity contribution >= 4 is 16.0 Å². The van der Waals surface area contributed by atoms with Gasteiger partial charge in [0.15, 0.2) is 0 Å². The highest BCUT2D eigenvalue weighted by atomic mass is 32.2. The van der Waals surface area contributed by atoms with Gasteiger partial charge in [0.25, 0.3) is 0 Å². The number of carboxylic acids is 1. The summed E-state index contributed by atoms with van der Waals surface area (Å²) < 4.78 is 26.3. The summed E-state index contributed by atoms with van der Waals surface area (Å²) in [4.78, 5) is 11.1. The number of nitrogens with zero attached hydrogens (tertiary/aromatic N) is 1. The average molecular weight is 310 g/mol. The summed E-state index contributed by atoms with van der Waals surface area (Å²) in [6.45, 7) is 3.64. The van der Waals surface area contributed by atoms with E-state index in [1.165, 1.54) is 6.07 Å². The van der Waals surface area contributed by atoms with Gasteiger partial charge in [-0.2, -0.15) is 5.26 Å². The SMILES string of the molecule is CC(C)C[C@H](NS(=O)(=O)Cc1cccc(C#N)c1)C(=O)O. The number of nitrogens with one attached hydrogen (secondary N) is 1. The van der Waals surface area contributed by atoms with Gasteiger partial charge in [0.2, 0.25) is 10.0 Å². The predicted octanol–water partition coefficient (Wildman–Crippen LogP) is 1.48. The highest BCUT2D eigenvalue weighted by Crippen LogP contribution is 2.11. The van der Waals surface area contributed by atoms with Crippen LogP contribution in [0.1, 0.15) is 31.4 Å². The van der Waals surface area contributed by atoms with Crippen LogP contribution in [0.4, 0.5) is 0 Å². The molecule has 0 saturated heterocycles. The molecule has 0 unspecified atom stereocenters. The molecule has 1 aromatic rings. The smallest absolute Gasteiger partial charge is 0.321 e. The van der Waals surface area contributed by atoms with E-state index >= 15 is 0 Å². The first kappa shape index (κ1) is 17.1. The van der Waals surface area contributed by atoms with Crippen LogP contribution in [0.25, 0.3) is 0 Å². The highest BCUT2D eigenvalue weighted by molar-refractivity contribution is 7.88. The molecule has 7 heteroatoms. The fourth-order valence-electron chi connectivity index (χ4n) is 1.88. The molecule has 6 nitrogen and oxygen atoms in total. The van der Waals surface area contributed by atoms with E-state index in [2.05, 4.69) is 4.72 Å². The third-order valence-electron chi connectivity index (χ3n) is 2.74. The Labute approximate surface area is 124 Å². The average Bonchev–Trinajstić information content (AvgIpc) is 2.36. The Balaban J connectivity index is 2.85. The van der Waals surface area contributed by atoms with Gasteiger partial charge in [-0.1, -0.05) is 26.0 Å². The predicted molar refractivity (Wildman–Crippen MR) is 77.8 cm³/mol. The summed E-state index contributed by atoms with van der Waals surface area (Å²) in [5, 5.41) is 17.8. The Morgan fingerprint density at radius 2 is 2.10 bits per heavy atom. The highest BCUT2D eigenvalue weighted by Gasteiger charge is 2.25. The van der Waals surface area contributed by atoms with Crippen LogP contribution in [0.5, 0.6) is 0 Å². The lowest BCUT2D eigenvalue weighted by Gasteiger charge is -2.16. The zero-order valence-corrected chi connectivity index (χ0v) is 12.7. The van der Waals surface area contributed by atoms with E-state index in [1.54, 1.807) is 18.2 Å². The summed E-state index contributed by atoms with van der Waals surface area (Å²) in [6.07, 6.45) is 0.215. The van der Waals surface area contributed by atoms with Crippen LogP contribution in [-0.4, -0.2) is 25.5 Å². The Hall–Kier alpha value is -1.91. The molecule has 0 aliphatic carbocycles. The summed E-state index contributed by atoms with van der Waals surface area (Å²) in [5.74, 6) is -1.50. The molecule has 0 saturated carbocycles. The van der Waals surface area contributed by atoms with Crippen LogP contribution >= 0.6 is 0 Å². The number of hydrogen-bond acceptors (Lipinski definition) is 4. The molecule has 0 heterocycles. The minimum Gasteiger partial charge on any atom is -0.480 e. The van der Waals surface area contributed by atoms with E-state index in [0.29, 0.717) is 11.1 Å². The van der Waals surface area contributed by atoms with Crippen molar-refractivity contribution < 1.29 is 18.3 Å². The van der Waals surface area contributed by atoms with Gasteiger partial charge in [0.05, 0.1) is 17.4 Å².